The Hall–Kier alpha value is -2.26. The molecule has 2 rings (SSSR count). The number of Topliss-reactive ketones (excluding diaryl/α,β-unsaturated/α-hetero) is 1. The first kappa shape index (κ1) is 19.1. The topological polar surface area (TPSA) is 119 Å². The number of hydrogen-bond acceptors (Lipinski definition) is 6. The number of carbonyl (C=O) groups is 1. The first-order valence-electron chi connectivity index (χ1n) is 8.26. The fraction of sp³-hybridized carbons (Fsp3) is 0.625. The van der Waals surface area contributed by atoms with Crippen molar-refractivity contribution in [2.45, 2.75) is 65.5 Å². The van der Waals surface area contributed by atoms with Crippen molar-refractivity contribution < 1.29 is 15.0 Å². The van der Waals surface area contributed by atoms with Crippen molar-refractivity contribution in [3.8, 4) is 0 Å². The number of nitrogens with zero attached hydrogens (tertiary/aromatic N) is 4. The third kappa shape index (κ3) is 4.23. The van der Waals surface area contributed by atoms with E-state index in [1.807, 2.05) is 0 Å². The van der Waals surface area contributed by atoms with Gasteiger partial charge in [-0.15, -0.1) is 0 Å². The second-order valence-electron chi connectivity index (χ2n) is 6.41. The monoisotopic (exact) mass is 352 g/mol. The van der Waals surface area contributed by atoms with E-state index in [0.717, 1.165) is 4.57 Å². The molecule has 138 valence electrons. The molecule has 0 fully saturated rings. The molecule has 0 aliphatic rings. The van der Waals surface area contributed by atoms with Gasteiger partial charge in [0.15, 0.2) is 11.2 Å². The maximum absolute atomic E-state index is 12.8. The van der Waals surface area contributed by atoms with Gasteiger partial charge in [0.2, 0.25) is 0 Å². The molecule has 25 heavy (non-hydrogen) atoms. The molecule has 0 bridgehead atoms. The van der Waals surface area contributed by atoms with E-state index in [2.05, 4.69) is 4.98 Å². The predicted octanol–water partition coefficient (Wildman–Crippen LogP) is -0.509. The van der Waals surface area contributed by atoms with Gasteiger partial charge >= 0.3 is 5.69 Å². The van der Waals surface area contributed by atoms with Crippen LogP contribution in [0.4, 0.5) is 0 Å². The number of ketones is 1. The molecule has 0 aromatic carbocycles. The van der Waals surface area contributed by atoms with E-state index in [-0.39, 0.29) is 43.0 Å². The molecule has 2 atom stereocenters. The van der Waals surface area contributed by atoms with Crippen LogP contribution >= 0.6 is 0 Å². The summed E-state index contributed by atoms with van der Waals surface area (Å²) in [7, 11) is 0. The van der Waals surface area contributed by atoms with Gasteiger partial charge in [-0.2, -0.15) is 0 Å². The largest absolute Gasteiger partial charge is 0.393 e. The summed E-state index contributed by atoms with van der Waals surface area (Å²) in [5.74, 6) is -0.143. The maximum atomic E-state index is 12.8. The van der Waals surface area contributed by atoms with Gasteiger partial charge in [0.1, 0.15) is 5.78 Å². The molecule has 0 spiro atoms. The van der Waals surface area contributed by atoms with Crippen molar-refractivity contribution >= 4 is 16.9 Å². The highest BCUT2D eigenvalue weighted by Gasteiger charge is 2.19. The number of imidazole rings is 1. The van der Waals surface area contributed by atoms with E-state index in [1.54, 1.807) is 13.8 Å². The van der Waals surface area contributed by atoms with Gasteiger partial charge in [0.05, 0.1) is 25.1 Å². The standard InChI is InChI=1S/C16H24N4O5/c1-10(21)4-6-19-14-13(18(9-17-14)8-12(3)23)15(24)20(16(19)25)7-5-11(2)22/h9-11,21-22H,4-8H2,1-3H3. The van der Waals surface area contributed by atoms with Crippen LogP contribution in [0, 0.1) is 0 Å². The molecule has 2 aromatic heterocycles. The number of fused-ring (bicyclic) bond motifs is 1. The molecule has 0 aliphatic heterocycles. The highest BCUT2D eigenvalue weighted by Crippen LogP contribution is 2.09. The highest BCUT2D eigenvalue weighted by atomic mass is 16.3. The van der Waals surface area contributed by atoms with Crippen molar-refractivity contribution in [3.05, 3.63) is 27.2 Å². The van der Waals surface area contributed by atoms with Crippen molar-refractivity contribution in [1.29, 1.82) is 0 Å². The summed E-state index contributed by atoms with van der Waals surface area (Å²) in [6, 6.07) is 0. The van der Waals surface area contributed by atoms with Crippen LogP contribution in [-0.4, -0.2) is 46.9 Å². The molecule has 9 heteroatoms. The summed E-state index contributed by atoms with van der Waals surface area (Å²) in [4.78, 5) is 41.0. The van der Waals surface area contributed by atoms with Crippen LogP contribution in [0.25, 0.3) is 11.2 Å². The Morgan fingerprint density at radius 3 is 2.20 bits per heavy atom. The summed E-state index contributed by atoms with van der Waals surface area (Å²) in [5.41, 5.74) is -0.698. The first-order valence-corrected chi connectivity index (χ1v) is 8.26. The minimum atomic E-state index is -0.657. The zero-order valence-electron chi connectivity index (χ0n) is 14.7. The fourth-order valence-electron chi connectivity index (χ4n) is 2.63. The number of aliphatic hydroxyl groups is 2. The molecule has 0 saturated heterocycles. The Balaban J connectivity index is 2.67. The summed E-state index contributed by atoms with van der Waals surface area (Å²) in [5, 5.41) is 19.0. The zero-order valence-corrected chi connectivity index (χ0v) is 14.7. The average molecular weight is 352 g/mol. The molecule has 2 unspecified atom stereocenters. The predicted molar refractivity (Wildman–Crippen MR) is 91.5 cm³/mol. The molecule has 2 aromatic rings. The van der Waals surface area contributed by atoms with Crippen molar-refractivity contribution in [2.24, 2.45) is 0 Å². The normalized spacial score (nSPS) is 14.0. The van der Waals surface area contributed by atoms with Crippen LogP contribution in [0.1, 0.15) is 33.6 Å². The van der Waals surface area contributed by atoms with E-state index in [4.69, 9.17) is 0 Å². The van der Waals surface area contributed by atoms with Crippen LogP contribution in [-0.2, 0) is 24.4 Å². The average Bonchev–Trinajstić information content (AvgIpc) is 2.89. The minimum Gasteiger partial charge on any atom is -0.393 e. The van der Waals surface area contributed by atoms with E-state index >= 15 is 0 Å². The number of carbonyl (C=O) groups excluding carboxylic acids is 1. The van der Waals surface area contributed by atoms with Gasteiger partial charge in [-0.1, -0.05) is 0 Å². The van der Waals surface area contributed by atoms with Crippen LogP contribution in [0.2, 0.25) is 0 Å². The quantitative estimate of drug-likeness (QED) is 0.660. The highest BCUT2D eigenvalue weighted by molar-refractivity contribution is 5.78. The summed E-state index contributed by atoms with van der Waals surface area (Å²) in [6.07, 6.45) is 0.667. The van der Waals surface area contributed by atoms with E-state index in [0.29, 0.717) is 6.42 Å². The lowest BCUT2D eigenvalue weighted by molar-refractivity contribution is -0.117. The number of hydrogen-bond donors (Lipinski definition) is 2. The molecule has 2 heterocycles. The molecule has 0 aliphatic carbocycles. The van der Waals surface area contributed by atoms with Crippen LogP contribution in [0.15, 0.2) is 15.9 Å². The summed E-state index contributed by atoms with van der Waals surface area (Å²) >= 11 is 0. The third-order valence-corrected chi connectivity index (χ3v) is 3.92. The van der Waals surface area contributed by atoms with Gasteiger partial charge in [0, 0.05) is 13.1 Å². The van der Waals surface area contributed by atoms with E-state index in [9.17, 15) is 24.6 Å². The first-order chi connectivity index (χ1) is 11.7. The Labute approximate surface area is 144 Å². The lowest BCUT2D eigenvalue weighted by atomic mass is 10.2. The maximum Gasteiger partial charge on any atom is 0.332 e. The summed E-state index contributed by atoms with van der Waals surface area (Å²) < 4.78 is 3.81. The number of aliphatic hydroxyl groups excluding tert-OH is 2. The number of aromatic nitrogens is 4. The Kier molecular flexibility index (Phi) is 5.91. The molecule has 9 nitrogen and oxygen atoms in total. The zero-order chi connectivity index (χ0) is 18.7. The molecule has 0 amide bonds. The Morgan fingerprint density at radius 2 is 1.68 bits per heavy atom. The van der Waals surface area contributed by atoms with Crippen LogP contribution in [0.5, 0.6) is 0 Å². The SMILES string of the molecule is CC(=O)Cn1cnc2c1c(=O)n(CCC(C)O)c(=O)n2CCC(C)O. The lowest BCUT2D eigenvalue weighted by Crippen LogP contribution is -2.41. The number of rotatable bonds is 8. The van der Waals surface area contributed by atoms with E-state index < -0.39 is 23.5 Å². The third-order valence-electron chi connectivity index (χ3n) is 3.92. The van der Waals surface area contributed by atoms with E-state index in [1.165, 1.54) is 22.4 Å². The van der Waals surface area contributed by atoms with Crippen molar-refractivity contribution in [3.63, 3.8) is 0 Å². The van der Waals surface area contributed by atoms with Gasteiger partial charge in [0.25, 0.3) is 5.56 Å². The lowest BCUT2D eigenvalue weighted by Gasteiger charge is -2.13. The molecule has 0 radical (unpaired) electrons. The minimum absolute atomic E-state index is 0.0171. The van der Waals surface area contributed by atoms with Crippen molar-refractivity contribution in [2.75, 3.05) is 0 Å². The molecular weight excluding hydrogens is 328 g/mol. The molecule has 0 saturated carbocycles. The second kappa shape index (κ2) is 7.75. The number of aryl methyl sites for hydroxylation is 1. The van der Waals surface area contributed by atoms with Gasteiger partial charge in [-0.3, -0.25) is 18.7 Å². The Morgan fingerprint density at radius 1 is 1.12 bits per heavy atom. The summed E-state index contributed by atoms with van der Waals surface area (Å²) in [6.45, 7) is 4.83. The Bertz CT molecular complexity index is 875. The second-order valence-corrected chi connectivity index (χ2v) is 6.41. The van der Waals surface area contributed by atoms with Crippen molar-refractivity contribution in [1.82, 2.24) is 18.7 Å². The van der Waals surface area contributed by atoms with Gasteiger partial charge in [-0.05, 0) is 33.6 Å². The molecular formula is C16H24N4O5. The fourth-order valence-corrected chi connectivity index (χ4v) is 2.63. The molecule has 2 N–H and O–H groups in total. The van der Waals surface area contributed by atoms with Crippen LogP contribution in [0.3, 0.4) is 0 Å². The van der Waals surface area contributed by atoms with Crippen LogP contribution < -0.4 is 11.2 Å². The smallest absolute Gasteiger partial charge is 0.332 e. The van der Waals surface area contributed by atoms with Gasteiger partial charge < -0.3 is 14.8 Å². The van der Waals surface area contributed by atoms with Gasteiger partial charge in [-0.25, -0.2) is 9.78 Å².